The fourth-order valence-electron chi connectivity index (χ4n) is 6.34. The van der Waals surface area contributed by atoms with Crippen LogP contribution in [0.1, 0.15) is 205 Å². The Labute approximate surface area is 308 Å². The zero-order chi connectivity index (χ0) is 36.8. The first-order valence-corrected chi connectivity index (χ1v) is 20.9. The van der Waals surface area contributed by atoms with E-state index in [4.69, 9.17) is 14.9 Å². The summed E-state index contributed by atoms with van der Waals surface area (Å²) in [6.07, 6.45) is 43.7. The largest absolute Gasteiger partial charge is 0.481 e. The Balaban J connectivity index is 3.93. The van der Waals surface area contributed by atoms with Gasteiger partial charge in [-0.1, -0.05) is 114 Å². The van der Waals surface area contributed by atoms with Gasteiger partial charge in [0.1, 0.15) is 6.10 Å². The Morgan fingerprint density at radius 2 is 0.780 bits per heavy atom. The van der Waals surface area contributed by atoms with E-state index >= 15 is 0 Å². The standard InChI is InChI=1S/C43H79NO6/c1-44(2)39-33-38-43(49)50-40(34-29-25-21-17-13-9-5-3-7-11-15-19-23-27-31-36-41(45)46)35-30-26-22-18-14-10-6-4-8-12-16-20-24-28-32-37-42(47)48/h3-4,7-8,40H,5-6,9-39H2,1-2H3,(H,45,46)(H,47,48). The van der Waals surface area contributed by atoms with Crippen LogP contribution in [-0.4, -0.2) is 59.8 Å². The number of unbranched alkanes of at least 4 members (excludes halogenated alkanes) is 22. The molecular weight excluding hydrogens is 626 g/mol. The zero-order valence-corrected chi connectivity index (χ0v) is 32.7. The first-order chi connectivity index (χ1) is 24.3. The second kappa shape index (κ2) is 38.1. The Morgan fingerprint density at radius 1 is 0.460 bits per heavy atom. The molecule has 0 heterocycles. The number of carboxylic acids is 2. The van der Waals surface area contributed by atoms with Crippen LogP contribution in [0.15, 0.2) is 24.3 Å². The molecule has 0 radical (unpaired) electrons. The van der Waals surface area contributed by atoms with E-state index in [1.165, 1.54) is 103 Å². The van der Waals surface area contributed by atoms with Crippen LogP contribution in [0.25, 0.3) is 0 Å². The van der Waals surface area contributed by atoms with E-state index in [1.54, 1.807) is 0 Å². The van der Waals surface area contributed by atoms with Crippen molar-refractivity contribution in [1.82, 2.24) is 4.90 Å². The van der Waals surface area contributed by atoms with Gasteiger partial charge >= 0.3 is 17.9 Å². The van der Waals surface area contributed by atoms with E-state index in [1.807, 2.05) is 14.1 Å². The maximum Gasteiger partial charge on any atom is 0.306 e. The summed E-state index contributed by atoms with van der Waals surface area (Å²) in [6, 6.07) is 0. The lowest BCUT2D eigenvalue weighted by Crippen LogP contribution is -2.20. The molecule has 0 aromatic rings. The topological polar surface area (TPSA) is 104 Å². The third-order valence-corrected chi connectivity index (χ3v) is 9.43. The van der Waals surface area contributed by atoms with Crippen LogP contribution >= 0.6 is 0 Å². The van der Waals surface area contributed by atoms with E-state index < -0.39 is 11.9 Å². The van der Waals surface area contributed by atoms with E-state index in [-0.39, 0.29) is 12.1 Å². The predicted octanol–water partition coefficient (Wildman–Crippen LogP) is 12.2. The molecule has 50 heavy (non-hydrogen) atoms. The van der Waals surface area contributed by atoms with Crippen molar-refractivity contribution in [1.29, 1.82) is 0 Å². The minimum absolute atomic E-state index is 0.0237. The van der Waals surface area contributed by atoms with Gasteiger partial charge in [-0.3, -0.25) is 14.4 Å². The Bertz CT molecular complexity index is 785. The summed E-state index contributed by atoms with van der Waals surface area (Å²) in [7, 11) is 4.08. The molecular formula is C43H79NO6. The van der Waals surface area contributed by atoms with Gasteiger partial charge in [0.25, 0.3) is 0 Å². The monoisotopic (exact) mass is 706 g/mol. The summed E-state index contributed by atoms with van der Waals surface area (Å²) in [5.41, 5.74) is 0. The molecule has 0 atom stereocenters. The number of carbonyl (C=O) groups is 3. The maximum absolute atomic E-state index is 12.5. The predicted molar refractivity (Wildman–Crippen MR) is 210 cm³/mol. The number of aliphatic carboxylic acids is 2. The smallest absolute Gasteiger partial charge is 0.306 e. The van der Waals surface area contributed by atoms with Gasteiger partial charge < -0.3 is 19.8 Å². The molecule has 0 aromatic carbocycles. The molecule has 0 spiro atoms. The lowest BCUT2D eigenvalue weighted by Gasteiger charge is -2.18. The van der Waals surface area contributed by atoms with Crippen molar-refractivity contribution in [2.45, 2.75) is 212 Å². The van der Waals surface area contributed by atoms with Crippen molar-refractivity contribution in [3.8, 4) is 0 Å². The van der Waals surface area contributed by atoms with Crippen molar-refractivity contribution >= 4 is 17.9 Å². The Morgan fingerprint density at radius 3 is 1.12 bits per heavy atom. The van der Waals surface area contributed by atoms with Gasteiger partial charge in [0, 0.05) is 19.3 Å². The van der Waals surface area contributed by atoms with E-state index in [2.05, 4.69) is 29.2 Å². The van der Waals surface area contributed by atoms with Crippen LogP contribution in [0, 0.1) is 0 Å². The molecule has 2 N–H and O–H groups in total. The molecule has 0 aliphatic rings. The number of carbonyl (C=O) groups excluding carboxylic acids is 1. The zero-order valence-electron chi connectivity index (χ0n) is 32.7. The summed E-state index contributed by atoms with van der Waals surface area (Å²) in [6.45, 7) is 0.917. The third kappa shape index (κ3) is 40.3. The number of rotatable bonds is 39. The molecule has 0 rings (SSSR count). The van der Waals surface area contributed by atoms with Crippen molar-refractivity contribution in [3.05, 3.63) is 24.3 Å². The molecule has 0 unspecified atom stereocenters. The van der Waals surface area contributed by atoms with Gasteiger partial charge in [0.2, 0.25) is 0 Å². The van der Waals surface area contributed by atoms with Gasteiger partial charge in [0.05, 0.1) is 0 Å². The molecule has 0 saturated carbocycles. The van der Waals surface area contributed by atoms with Crippen LogP contribution in [0.2, 0.25) is 0 Å². The molecule has 7 heteroatoms. The molecule has 0 aliphatic heterocycles. The maximum atomic E-state index is 12.5. The van der Waals surface area contributed by atoms with Gasteiger partial charge in [0.15, 0.2) is 0 Å². The molecule has 0 fully saturated rings. The van der Waals surface area contributed by atoms with Gasteiger partial charge in [-0.15, -0.1) is 0 Å². The number of allylic oxidation sites excluding steroid dienone is 4. The van der Waals surface area contributed by atoms with E-state index in [0.29, 0.717) is 19.3 Å². The Hall–Kier alpha value is -2.15. The number of hydrogen-bond acceptors (Lipinski definition) is 5. The Kier molecular flexibility index (Phi) is 36.5. The second-order valence-corrected chi connectivity index (χ2v) is 14.8. The number of nitrogens with zero attached hydrogens (tertiary/aromatic N) is 1. The average Bonchev–Trinajstić information content (AvgIpc) is 3.06. The first-order valence-electron chi connectivity index (χ1n) is 20.9. The highest BCUT2D eigenvalue weighted by molar-refractivity contribution is 5.69. The normalized spacial score (nSPS) is 12.4. The summed E-state index contributed by atoms with van der Waals surface area (Å²) in [4.78, 5) is 35.7. The molecule has 0 saturated heterocycles. The third-order valence-electron chi connectivity index (χ3n) is 9.43. The van der Waals surface area contributed by atoms with E-state index in [9.17, 15) is 14.4 Å². The molecule has 7 nitrogen and oxygen atoms in total. The van der Waals surface area contributed by atoms with Crippen molar-refractivity contribution in [2.75, 3.05) is 20.6 Å². The summed E-state index contributed by atoms with van der Waals surface area (Å²) in [5.74, 6) is -1.39. The molecule has 0 aliphatic carbocycles. The van der Waals surface area contributed by atoms with Gasteiger partial charge in [-0.05, 0) is 117 Å². The minimum Gasteiger partial charge on any atom is -0.481 e. The SMILES string of the molecule is CN(C)CCCC(=O)OC(CCCCCCCCC=CCCCCCCCC(=O)O)CCCCCCCCC=CCCCCCCCC(=O)O. The summed E-state index contributed by atoms with van der Waals surface area (Å²) < 4.78 is 5.98. The number of carboxylic acid groups (broad SMARTS) is 2. The molecule has 0 bridgehead atoms. The quantitative estimate of drug-likeness (QED) is 0.0372. The van der Waals surface area contributed by atoms with Crippen LogP contribution in [0.4, 0.5) is 0 Å². The lowest BCUT2D eigenvalue weighted by atomic mass is 10.0. The lowest BCUT2D eigenvalue weighted by molar-refractivity contribution is -0.150. The van der Waals surface area contributed by atoms with Crippen LogP contribution in [0.3, 0.4) is 0 Å². The summed E-state index contributed by atoms with van der Waals surface area (Å²) >= 11 is 0. The van der Waals surface area contributed by atoms with Gasteiger partial charge in [-0.25, -0.2) is 0 Å². The van der Waals surface area contributed by atoms with Crippen molar-refractivity contribution < 1.29 is 29.3 Å². The van der Waals surface area contributed by atoms with Crippen LogP contribution in [-0.2, 0) is 19.1 Å². The van der Waals surface area contributed by atoms with Crippen molar-refractivity contribution in [2.24, 2.45) is 0 Å². The fraction of sp³-hybridized carbons (Fsp3) is 0.837. The average molecular weight is 706 g/mol. The second-order valence-electron chi connectivity index (χ2n) is 14.8. The van der Waals surface area contributed by atoms with Crippen molar-refractivity contribution in [3.63, 3.8) is 0 Å². The number of hydrogen-bond donors (Lipinski definition) is 2. The molecule has 0 aromatic heterocycles. The fourth-order valence-corrected chi connectivity index (χ4v) is 6.34. The number of ether oxygens (including phenoxy) is 1. The minimum atomic E-state index is -0.682. The first kappa shape index (κ1) is 47.8. The molecule has 0 amide bonds. The van der Waals surface area contributed by atoms with Gasteiger partial charge in [-0.2, -0.15) is 0 Å². The molecule has 292 valence electrons. The highest BCUT2D eigenvalue weighted by atomic mass is 16.5. The van der Waals surface area contributed by atoms with Crippen LogP contribution in [0.5, 0.6) is 0 Å². The number of esters is 1. The van der Waals surface area contributed by atoms with Crippen LogP contribution < -0.4 is 0 Å². The van der Waals surface area contributed by atoms with E-state index in [0.717, 1.165) is 90.0 Å². The highest BCUT2D eigenvalue weighted by Crippen LogP contribution is 2.18. The highest BCUT2D eigenvalue weighted by Gasteiger charge is 2.14. The summed E-state index contributed by atoms with van der Waals surface area (Å²) in [5, 5.41) is 17.4.